The minimum Gasteiger partial charge on any atom is -0.396 e. The Balaban J connectivity index is 1.23. The monoisotopic (exact) mass is 927 g/mol. The minimum absolute atomic E-state index is 0.0194. The van der Waals surface area contributed by atoms with E-state index in [0.717, 1.165) is 43.4 Å². The fraction of sp³-hybridized carbons (Fsp3) is 0.865. The molecule has 0 radical (unpaired) electrons. The number of allylic oxidation sites excluding steroid dienone is 4. The average molecular weight is 927 g/mol. The van der Waals surface area contributed by atoms with Crippen LogP contribution in [0.4, 0.5) is 0 Å². The second-order valence-corrected chi connectivity index (χ2v) is 23.1. The van der Waals surface area contributed by atoms with Crippen molar-refractivity contribution in [3.05, 3.63) is 34.7 Å². The van der Waals surface area contributed by atoms with Crippen LogP contribution in [0.2, 0.25) is 0 Å². The summed E-state index contributed by atoms with van der Waals surface area (Å²) in [5, 5.41) is 107. The molecule has 0 aromatic carbocycles. The number of fused-ring (bicyclic) bond motifs is 8. The van der Waals surface area contributed by atoms with Gasteiger partial charge in [0.25, 0.3) is 0 Å². The molecule has 1 unspecified atom stereocenters. The number of nitrogens with one attached hydrogen (secondary N) is 3. The van der Waals surface area contributed by atoms with Gasteiger partial charge in [-0.3, -0.25) is 4.79 Å². The zero-order chi connectivity index (χ0) is 47.6. The number of carbonyl (C=O) groups excluding carboxylic acids is 1. The van der Waals surface area contributed by atoms with Crippen LogP contribution in [0, 0.1) is 52.3 Å². The van der Waals surface area contributed by atoms with Gasteiger partial charge in [0.1, 0.15) is 5.60 Å². The smallest absolute Gasteiger partial charge is 0.182 e. The van der Waals surface area contributed by atoms with Crippen LogP contribution in [0.5, 0.6) is 0 Å². The first-order valence-corrected chi connectivity index (χ1v) is 26.1. The number of hydrogen-bond donors (Lipinski definition) is 12. The Morgan fingerprint density at radius 3 is 2.50 bits per heavy atom. The van der Waals surface area contributed by atoms with Gasteiger partial charge >= 0.3 is 0 Å². The van der Waals surface area contributed by atoms with Gasteiger partial charge in [-0.2, -0.15) is 0 Å². The molecule has 2 aliphatic heterocycles. The Bertz CT molecular complexity index is 1860. The van der Waals surface area contributed by atoms with Crippen molar-refractivity contribution in [2.24, 2.45) is 58.0 Å². The van der Waals surface area contributed by atoms with Gasteiger partial charge in [0.2, 0.25) is 0 Å². The van der Waals surface area contributed by atoms with Gasteiger partial charge in [0, 0.05) is 36.1 Å². The molecule has 14 nitrogen and oxygen atoms in total. The fourth-order valence-electron chi connectivity index (χ4n) is 16.4. The number of ketones is 1. The van der Waals surface area contributed by atoms with E-state index in [2.05, 4.69) is 22.9 Å². The maximum atomic E-state index is 15.5. The molecule has 6 fully saturated rings. The number of rotatable bonds is 15. The van der Waals surface area contributed by atoms with Gasteiger partial charge in [-0.25, -0.2) is 0 Å². The lowest BCUT2D eigenvalue weighted by Crippen LogP contribution is -2.70. The topological polar surface area (TPSA) is 250 Å². The third kappa shape index (κ3) is 8.29. The summed E-state index contributed by atoms with van der Waals surface area (Å²) >= 11 is 0. The molecule has 13 N–H and O–H groups in total. The highest BCUT2D eigenvalue weighted by atomic mass is 16.5. The zero-order valence-corrected chi connectivity index (χ0v) is 40.6. The Hall–Kier alpha value is -1.95. The number of hydrogen-bond acceptors (Lipinski definition) is 14. The number of nitrogens with two attached hydrogens (primary N) is 1. The third-order valence-electron chi connectivity index (χ3n) is 19.4. The molecule has 374 valence electrons. The van der Waals surface area contributed by atoms with Gasteiger partial charge < -0.3 is 67.3 Å². The van der Waals surface area contributed by atoms with Crippen LogP contribution in [-0.2, 0) is 9.53 Å². The summed E-state index contributed by atoms with van der Waals surface area (Å²) in [6.07, 6.45) is 9.61. The SMILES string of the molecule is CCC[C@@H]1CC[C@H]2[C@H]3[C@@H](O[C@@H]2CC1)[C@@](O)([C@](C)(O)[C@H]1CC[C@@]2(O)C4=C(NC[C@H](C)O)C(=O)[C@@H]5C[C@@H](O)[C@@H](O)C[C@]5(CCC5=C(CCCO)NC(N)C=C5)[C@H]4[C@@H](CNC)C[C@]12C)CCC[C@@H]3O. The maximum Gasteiger partial charge on any atom is 0.182 e. The Labute approximate surface area is 393 Å². The van der Waals surface area contributed by atoms with Crippen LogP contribution < -0.4 is 21.7 Å². The molecule has 0 amide bonds. The Morgan fingerprint density at radius 1 is 1.03 bits per heavy atom. The fourth-order valence-corrected chi connectivity index (χ4v) is 16.4. The standard InChI is InChI=1S/C52H86N4O10/c1-6-9-30-12-15-33-39(16-13-30)66-47-42(33)36(59)11-7-20-52(47,65)49(4,63)40-19-22-51(64)44-43(32(28-54-5)25-48(40,51)3)50(21-18-31-14-17-41(53)56-35(31)10-8-23-57)26-38(61)37(60)24-34(50)46(62)45(44)55-27-29(2)58/h14,17,29-30,32-34,36-43,47,54-61,63-65H,6-13,15-16,18-28,53H2,1-5H3/t29-,30+,32+,33+,34-,36-,37+,38-,39+,40-,41?,42+,43-,47+,48+,49+,50-,51+,52+/m0/s1. The second kappa shape index (κ2) is 19.3. The molecule has 8 aliphatic rings. The largest absolute Gasteiger partial charge is 0.396 e. The molecular weight excluding hydrogens is 841 g/mol. The van der Waals surface area contributed by atoms with Crippen molar-refractivity contribution in [1.82, 2.24) is 16.0 Å². The van der Waals surface area contributed by atoms with Gasteiger partial charge in [0.05, 0.1) is 59.7 Å². The van der Waals surface area contributed by atoms with Crippen molar-refractivity contribution in [3.63, 3.8) is 0 Å². The minimum atomic E-state index is -1.79. The molecule has 0 spiro atoms. The van der Waals surface area contributed by atoms with E-state index in [1.54, 1.807) is 13.8 Å². The molecule has 6 aliphatic carbocycles. The van der Waals surface area contributed by atoms with E-state index < -0.39 is 75.9 Å². The predicted octanol–water partition coefficient (Wildman–Crippen LogP) is 3.18. The van der Waals surface area contributed by atoms with Gasteiger partial charge in [-0.05, 0) is 176 Å². The molecule has 0 bridgehead atoms. The quantitative estimate of drug-likeness (QED) is 0.113. The molecule has 1 saturated heterocycles. The number of carbonyl (C=O) groups is 1. The molecule has 14 heteroatoms. The first-order chi connectivity index (χ1) is 31.3. The van der Waals surface area contributed by atoms with Crippen LogP contribution >= 0.6 is 0 Å². The maximum absolute atomic E-state index is 15.5. The third-order valence-corrected chi connectivity index (χ3v) is 19.4. The van der Waals surface area contributed by atoms with Gasteiger partial charge in [-0.15, -0.1) is 0 Å². The van der Waals surface area contributed by atoms with E-state index in [9.17, 15) is 40.9 Å². The highest BCUT2D eigenvalue weighted by Gasteiger charge is 2.75. The molecule has 5 saturated carbocycles. The summed E-state index contributed by atoms with van der Waals surface area (Å²) in [5.41, 5.74) is 1.85. The summed E-state index contributed by atoms with van der Waals surface area (Å²) in [4.78, 5) is 15.5. The normalized spacial score (nSPS) is 46.0. The number of Topliss-reactive ketones (excluding diaryl/α,β-unsaturated/α-hetero) is 1. The van der Waals surface area contributed by atoms with Crippen molar-refractivity contribution in [2.45, 2.75) is 203 Å². The van der Waals surface area contributed by atoms with Crippen LogP contribution in [0.3, 0.4) is 0 Å². The van der Waals surface area contributed by atoms with Crippen molar-refractivity contribution in [2.75, 3.05) is 26.7 Å². The highest BCUT2D eigenvalue weighted by Crippen LogP contribution is 2.72. The number of dihydropyridines is 1. The lowest BCUT2D eigenvalue weighted by molar-refractivity contribution is -0.256. The van der Waals surface area contributed by atoms with Crippen molar-refractivity contribution in [1.29, 1.82) is 0 Å². The van der Waals surface area contributed by atoms with Gasteiger partial charge in [0.15, 0.2) is 5.78 Å². The average Bonchev–Trinajstić information content (AvgIpc) is 3.65. The van der Waals surface area contributed by atoms with Crippen molar-refractivity contribution < 1.29 is 50.4 Å². The van der Waals surface area contributed by atoms with E-state index >= 15 is 4.79 Å². The molecule has 8 rings (SSSR count). The molecular formula is C52H86N4O10. The van der Waals surface area contributed by atoms with Crippen molar-refractivity contribution in [3.8, 4) is 0 Å². The van der Waals surface area contributed by atoms with E-state index in [1.165, 1.54) is 6.42 Å². The van der Waals surface area contributed by atoms with E-state index in [-0.39, 0.29) is 80.3 Å². The van der Waals surface area contributed by atoms with Crippen LogP contribution in [-0.4, -0.2) is 133 Å². The summed E-state index contributed by atoms with van der Waals surface area (Å²) in [5.74, 6) is -1.95. The highest BCUT2D eigenvalue weighted by molar-refractivity contribution is 6.00. The molecule has 0 aromatic rings. The molecule has 66 heavy (non-hydrogen) atoms. The Morgan fingerprint density at radius 2 is 1.79 bits per heavy atom. The van der Waals surface area contributed by atoms with E-state index in [4.69, 9.17) is 10.5 Å². The van der Waals surface area contributed by atoms with Gasteiger partial charge in [-0.1, -0.05) is 39.2 Å². The summed E-state index contributed by atoms with van der Waals surface area (Å²) in [6.45, 7) is 8.20. The molecule has 19 atom stereocenters. The summed E-state index contributed by atoms with van der Waals surface area (Å²) in [7, 11) is 1.89. The van der Waals surface area contributed by atoms with Crippen LogP contribution in [0.1, 0.15) is 143 Å². The summed E-state index contributed by atoms with van der Waals surface area (Å²) < 4.78 is 7.01. The first-order valence-electron chi connectivity index (χ1n) is 26.1. The predicted molar refractivity (Wildman–Crippen MR) is 251 cm³/mol. The zero-order valence-electron chi connectivity index (χ0n) is 40.6. The van der Waals surface area contributed by atoms with Crippen molar-refractivity contribution >= 4 is 5.78 Å². The number of ether oxygens (including phenoxy) is 1. The second-order valence-electron chi connectivity index (χ2n) is 23.1. The lowest BCUT2D eigenvalue weighted by Gasteiger charge is -2.65. The van der Waals surface area contributed by atoms with Crippen LogP contribution in [0.15, 0.2) is 34.7 Å². The van der Waals surface area contributed by atoms with Crippen LogP contribution in [0.25, 0.3) is 0 Å². The Kier molecular flexibility index (Phi) is 14.8. The lowest BCUT2D eigenvalue weighted by atomic mass is 9.41. The molecule has 2 heterocycles. The number of aliphatic hydroxyl groups is 8. The van der Waals surface area contributed by atoms with E-state index in [1.807, 2.05) is 26.1 Å². The summed E-state index contributed by atoms with van der Waals surface area (Å²) in [6, 6.07) is 0. The number of aliphatic hydroxyl groups excluding tert-OH is 5. The molecule has 0 aromatic heterocycles. The first kappa shape index (κ1) is 50.4. The van der Waals surface area contributed by atoms with E-state index in [0.29, 0.717) is 69.4 Å².